The molecular weight excluding hydrogens is 436 g/mol. The van der Waals surface area contributed by atoms with Crippen molar-refractivity contribution in [1.29, 1.82) is 0 Å². The Bertz CT molecular complexity index is 1490. The van der Waals surface area contributed by atoms with E-state index < -0.39 is 0 Å². The van der Waals surface area contributed by atoms with Crippen molar-refractivity contribution in [1.82, 2.24) is 25.1 Å². The van der Waals surface area contributed by atoms with Crippen molar-refractivity contribution >= 4 is 44.1 Å². The zero-order valence-corrected chi connectivity index (χ0v) is 20.6. The summed E-state index contributed by atoms with van der Waals surface area (Å²) >= 11 is 1.66. The molecule has 33 heavy (non-hydrogen) atoms. The van der Waals surface area contributed by atoms with E-state index >= 15 is 0 Å². The van der Waals surface area contributed by atoms with Gasteiger partial charge in [0.1, 0.15) is 33.8 Å². The number of aromatic nitrogens is 5. The van der Waals surface area contributed by atoms with Crippen molar-refractivity contribution in [2.45, 2.75) is 47.5 Å². The molecule has 5 rings (SSSR count). The fraction of sp³-hybridized carbons (Fsp3) is 0.333. The summed E-state index contributed by atoms with van der Waals surface area (Å²) in [4.78, 5) is 17.6. The molecule has 0 aliphatic rings. The van der Waals surface area contributed by atoms with Crippen molar-refractivity contribution in [2.75, 3.05) is 12.4 Å². The molecule has 4 heterocycles. The van der Waals surface area contributed by atoms with Crippen LogP contribution in [0.3, 0.4) is 0 Å². The fourth-order valence-corrected chi connectivity index (χ4v) is 5.11. The lowest BCUT2D eigenvalue weighted by atomic mass is 10.0. The second-order valence-corrected chi connectivity index (χ2v) is 9.54. The monoisotopic (exact) mass is 462 g/mol. The van der Waals surface area contributed by atoms with Gasteiger partial charge < -0.3 is 19.6 Å². The zero-order chi connectivity index (χ0) is 23.4. The average molecular weight is 463 g/mol. The average Bonchev–Trinajstić information content (AvgIpc) is 3.41. The molecule has 0 aliphatic carbocycles. The first-order chi connectivity index (χ1) is 15.8. The van der Waals surface area contributed by atoms with Gasteiger partial charge in [0.05, 0.1) is 34.5 Å². The lowest BCUT2D eigenvalue weighted by Gasteiger charge is -2.10. The highest BCUT2D eigenvalue weighted by Gasteiger charge is 2.21. The first-order valence-corrected chi connectivity index (χ1v) is 11.6. The van der Waals surface area contributed by atoms with Crippen LogP contribution in [0.1, 0.15) is 47.7 Å². The van der Waals surface area contributed by atoms with Gasteiger partial charge in [-0.2, -0.15) is 0 Å². The van der Waals surface area contributed by atoms with Gasteiger partial charge in [-0.15, -0.1) is 11.3 Å². The number of methoxy groups -OCH3 is 1. The van der Waals surface area contributed by atoms with E-state index in [0.717, 1.165) is 71.8 Å². The third kappa shape index (κ3) is 3.52. The van der Waals surface area contributed by atoms with Crippen LogP contribution in [0.15, 0.2) is 16.7 Å². The Kier molecular flexibility index (Phi) is 5.08. The minimum Gasteiger partial charge on any atom is -0.496 e. The molecule has 0 spiro atoms. The Hall–Kier alpha value is -3.46. The van der Waals surface area contributed by atoms with Crippen molar-refractivity contribution in [3.8, 4) is 16.9 Å². The topological polar surface area (TPSA) is 102 Å². The molecule has 0 aliphatic heterocycles. The summed E-state index contributed by atoms with van der Waals surface area (Å²) < 4.78 is 11.2. The van der Waals surface area contributed by atoms with Crippen LogP contribution < -0.4 is 10.1 Å². The number of nitrogens with zero attached hydrogens (tertiary/aromatic N) is 4. The molecule has 2 N–H and O–H groups in total. The number of ether oxygens (including phenoxy) is 1. The molecule has 0 saturated carbocycles. The molecule has 0 fully saturated rings. The maximum absolute atomic E-state index is 5.78. The number of rotatable bonds is 5. The van der Waals surface area contributed by atoms with Crippen LogP contribution in [0.2, 0.25) is 0 Å². The van der Waals surface area contributed by atoms with Crippen LogP contribution in [0, 0.1) is 27.7 Å². The lowest BCUT2D eigenvalue weighted by molar-refractivity contribution is 0.393. The second kappa shape index (κ2) is 7.84. The summed E-state index contributed by atoms with van der Waals surface area (Å²) in [5.41, 5.74) is 5.35. The van der Waals surface area contributed by atoms with Gasteiger partial charge >= 0.3 is 0 Å². The molecule has 4 aromatic heterocycles. The molecule has 8 nitrogen and oxygen atoms in total. The molecule has 0 saturated heterocycles. The van der Waals surface area contributed by atoms with Gasteiger partial charge in [0.15, 0.2) is 0 Å². The van der Waals surface area contributed by atoms with Gasteiger partial charge in [-0.1, -0.05) is 19.0 Å². The first kappa shape index (κ1) is 21.4. The molecule has 1 aromatic carbocycles. The van der Waals surface area contributed by atoms with Gasteiger partial charge in [-0.05, 0) is 39.8 Å². The Morgan fingerprint density at radius 2 is 1.85 bits per heavy atom. The van der Waals surface area contributed by atoms with E-state index in [1.54, 1.807) is 18.4 Å². The SMILES string of the molecule is COc1cc2c(cc1-c1c(C)noc1C)[nH]c1nc(C)nc(Nc3sc(C(C)C)nc3C)c12. The first-order valence-electron chi connectivity index (χ1n) is 10.8. The fourth-order valence-electron chi connectivity index (χ4n) is 4.15. The highest BCUT2D eigenvalue weighted by molar-refractivity contribution is 7.16. The number of benzene rings is 1. The maximum atomic E-state index is 5.78. The molecule has 5 aromatic rings. The van der Waals surface area contributed by atoms with Gasteiger partial charge in [-0.3, -0.25) is 0 Å². The molecule has 170 valence electrons. The zero-order valence-electron chi connectivity index (χ0n) is 19.7. The maximum Gasteiger partial charge on any atom is 0.144 e. The van der Waals surface area contributed by atoms with Crippen LogP contribution in [0.25, 0.3) is 33.1 Å². The van der Waals surface area contributed by atoms with Crippen LogP contribution in [-0.2, 0) is 0 Å². The predicted molar refractivity (Wildman–Crippen MR) is 132 cm³/mol. The van der Waals surface area contributed by atoms with E-state index in [1.165, 1.54) is 0 Å². The summed E-state index contributed by atoms with van der Waals surface area (Å²) in [5.74, 6) is 3.29. The quantitative estimate of drug-likeness (QED) is 0.314. The summed E-state index contributed by atoms with van der Waals surface area (Å²) in [6.45, 7) is 12.1. The van der Waals surface area contributed by atoms with Gasteiger partial charge in [0.2, 0.25) is 0 Å². The lowest BCUT2D eigenvalue weighted by Crippen LogP contribution is -1.98. The largest absolute Gasteiger partial charge is 0.496 e. The van der Waals surface area contributed by atoms with Gasteiger partial charge in [0, 0.05) is 22.4 Å². The van der Waals surface area contributed by atoms with E-state index in [0.29, 0.717) is 11.7 Å². The number of thiazole rings is 1. The molecule has 0 radical (unpaired) electrons. The van der Waals surface area contributed by atoms with Gasteiger partial charge in [0.25, 0.3) is 0 Å². The molecule has 0 atom stereocenters. The highest BCUT2D eigenvalue weighted by atomic mass is 32.1. The number of aromatic amines is 1. The summed E-state index contributed by atoms with van der Waals surface area (Å²) in [7, 11) is 1.67. The predicted octanol–water partition coefficient (Wildman–Crippen LogP) is 6.33. The number of anilines is 2. The smallest absolute Gasteiger partial charge is 0.144 e. The Balaban J connectivity index is 1.73. The Labute approximate surface area is 195 Å². The third-order valence-corrected chi connectivity index (χ3v) is 7.10. The number of hydrogen-bond acceptors (Lipinski definition) is 8. The van der Waals surface area contributed by atoms with Crippen LogP contribution >= 0.6 is 11.3 Å². The number of hydrogen-bond donors (Lipinski definition) is 2. The van der Waals surface area contributed by atoms with Gasteiger partial charge in [-0.25, -0.2) is 15.0 Å². The molecule has 0 bridgehead atoms. The number of aryl methyl sites for hydroxylation is 4. The van der Waals surface area contributed by atoms with E-state index in [4.69, 9.17) is 19.2 Å². The molecule has 0 amide bonds. The minimum atomic E-state index is 0.372. The Morgan fingerprint density at radius 1 is 1.06 bits per heavy atom. The van der Waals surface area contributed by atoms with Crippen molar-refractivity contribution in [3.05, 3.63) is 40.1 Å². The summed E-state index contributed by atoms with van der Waals surface area (Å²) in [5, 5.41) is 11.6. The number of H-pyrrole nitrogens is 1. The minimum absolute atomic E-state index is 0.372. The van der Waals surface area contributed by atoms with Crippen molar-refractivity contribution < 1.29 is 9.26 Å². The molecular formula is C24H26N6O2S. The van der Waals surface area contributed by atoms with Crippen LogP contribution in [0.5, 0.6) is 5.75 Å². The van der Waals surface area contributed by atoms with Crippen LogP contribution in [-0.4, -0.2) is 32.2 Å². The standard InChI is InChI=1S/C24H26N6O2S/c1-10(2)23-25-12(4)24(33-23)29-22-20-15-9-18(31-7)16(19-11(3)30-32-13(19)5)8-17(15)28-21(20)26-14(6)27-22/h8-10H,1-7H3,(H2,26,27,28,29). The normalized spacial score (nSPS) is 11.8. The van der Waals surface area contributed by atoms with Crippen molar-refractivity contribution in [3.63, 3.8) is 0 Å². The van der Waals surface area contributed by atoms with E-state index in [1.807, 2.05) is 33.8 Å². The number of nitrogens with one attached hydrogen (secondary N) is 2. The second-order valence-electron chi connectivity index (χ2n) is 8.51. The van der Waals surface area contributed by atoms with E-state index in [2.05, 4.69) is 40.4 Å². The molecule has 0 unspecified atom stereocenters. The van der Waals surface area contributed by atoms with E-state index in [-0.39, 0.29) is 0 Å². The van der Waals surface area contributed by atoms with Crippen molar-refractivity contribution in [2.24, 2.45) is 0 Å². The third-order valence-electron chi connectivity index (χ3n) is 5.72. The Morgan fingerprint density at radius 3 is 2.48 bits per heavy atom. The molecule has 9 heteroatoms. The van der Waals surface area contributed by atoms with E-state index in [9.17, 15) is 0 Å². The summed E-state index contributed by atoms with van der Waals surface area (Å²) in [6, 6.07) is 4.09. The number of fused-ring (bicyclic) bond motifs is 3. The highest BCUT2D eigenvalue weighted by Crippen LogP contribution is 2.41. The summed E-state index contributed by atoms with van der Waals surface area (Å²) in [6.07, 6.45) is 0. The van der Waals surface area contributed by atoms with Crippen LogP contribution in [0.4, 0.5) is 10.8 Å².